The molecular formula is C7H6O3. The zero-order valence-corrected chi connectivity index (χ0v) is 5.29. The summed E-state index contributed by atoms with van der Waals surface area (Å²) in [6, 6.07) is 0. The quantitative estimate of drug-likeness (QED) is 0.409. The van der Waals surface area contributed by atoms with Gasteiger partial charge >= 0.3 is 6.16 Å². The lowest BCUT2D eigenvalue weighted by atomic mass is 10.7. The molecule has 0 unspecified atom stereocenters. The molecule has 52 valence electrons. The van der Waals surface area contributed by atoms with Gasteiger partial charge in [0, 0.05) is 0 Å². The molecule has 0 aromatic carbocycles. The Labute approximate surface area is 59.3 Å². The van der Waals surface area contributed by atoms with Crippen molar-refractivity contribution in [2.75, 3.05) is 13.2 Å². The van der Waals surface area contributed by atoms with Crippen LogP contribution in [0, 0.1) is 24.7 Å². The number of ether oxygens (including phenoxy) is 2. The first kappa shape index (κ1) is 8.39. The zero-order chi connectivity index (χ0) is 7.82. The van der Waals surface area contributed by atoms with Crippen LogP contribution in [0.15, 0.2) is 0 Å². The first-order chi connectivity index (χ1) is 4.81. The minimum absolute atomic E-state index is 0.0938. The Morgan fingerprint density at radius 2 is 1.60 bits per heavy atom. The fourth-order valence-electron chi connectivity index (χ4n) is 0.243. The van der Waals surface area contributed by atoms with E-state index in [2.05, 4.69) is 21.3 Å². The average Bonchev–Trinajstić information content (AvgIpc) is 1.97. The maximum absolute atomic E-state index is 10.3. The number of carbonyl (C=O) groups excluding carboxylic acids is 1. The van der Waals surface area contributed by atoms with Gasteiger partial charge < -0.3 is 9.47 Å². The molecule has 0 amide bonds. The number of hydrogen-bond acceptors (Lipinski definition) is 3. The summed E-state index contributed by atoms with van der Waals surface area (Å²) in [6.45, 7) is -0.188. The van der Waals surface area contributed by atoms with E-state index < -0.39 is 6.16 Å². The Morgan fingerprint density at radius 3 is 1.90 bits per heavy atom. The highest BCUT2D eigenvalue weighted by atomic mass is 16.7. The summed E-state index contributed by atoms with van der Waals surface area (Å²) in [6.07, 6.45) is 8.73. The number of carbonyl (C=O) groups is 1. The van der Waals surface area contributed by atoms with E-state index in [0.717, 1.165) is 0 Å². The average molecular weight is 138 g/mol. The van der Waals surface area contributed by atoms with Gasteiger partial charge in [-0.3, -0.25) is 0 Å². The molecule has 0 heterocycles. The third kappa shape index (κ3) is 4.55. The van der Waals surface area contributed by atoms with Gasteiger partial charge in [0.05, 0.1) is 0 Å². The summed E-state index contributed by atoms with van der Waals surface area (Å²) < 4.78 is 8.60. The van der Waals surface area contributed by atoms with E-state index >= 15 is 0 Å². The molecule has 0 N–H and O–H groups in total. The van der Waals surface area contributed by atoms with Gasteiger partial charge in [-0.15, -0.1) is 12.8 Å². The Hall–Kier alpha value is -1.61. The van der Waals surface area contributed by atoms with Crippen LogP contribution < -0.4 is 0 Å². The summed E-state index contributed by atoms with van der Waals surface area (Å²) in [5, 5.41) is 0. The maximum atomic E-state index is 10.3. The summed E-state index contributed by atoms with van der Waals surface area (Å²) in [5.41, 5.74) is 0. The van der Waals surface area contributed by atoms with Gasteiger partial charge in [0.15, 0.2) is 13.2 Å². The lowest BCUT2D eigenvalue weighted by Gasteiger charge is -1.97. The molecule has 0 spiro atoms. The predicted octanol–water partition coefficient (Wildman–Crippen LogP) is 0.406. The molecule has 0 aromatic heterocycles. The van der Waals surface area contributed by atoms with Gasteiger partial charge in [-0.25, -0.2) is 4.79 Å². The van der Waals surface area contributed by atoms with Gasteiger partial charge in [0.25, 0.3) is 0 Å². The van der Waals surface area contributed by atoms with E-state index in [9.17, 15) is 4.79 Å². The zero-order valence-electron chi connectivity index (χ0n) is 5.29. The van der Waals surface area contributed by atoms with Crippen LogP contribution in [0.5, 0.6) is 0 Å². The Kier molecular flexibility index (Phi) is 4.64. The van der Waals surface area contributed by atoms with E-state index in [-0.39, 0.29) is 13.2 Å². The number of terminal acetylenes is 2. The van der Waals surface area contributed by atoms with Crippen LogP contribution >= 0.6 is 0 Å². The molecule has 0 saturated heterocycles. The Balaban J connectivity index is 3.30. The van der Waals surface area contributed by atoms with Crippen molar-refractivity contribution in [2.45, 2.75) is 0 Å². The lowest BCUT2D eigenvalue weighted by Crippen LogP contribution is -2.07. The second kappa shape index (κ2) is 5.53. The highest BCUT2D eigenvalue weighted by Crippen LogP contribution is 1.82. The van der Waals surface area contributed by atoms with Gasteiger partial charge in [-0.2, -0.15) is 0 Å². The molecular weight excluding hydrogens is 132 g/mol. The summed E-state index contributed by atoms with van der Waals surface area (Å²) in [4.78, 5) is 10.3. The van der Waals surface area contributed by atoms with E-state index in [1.807, 2.05) is 0 Å². The second-order valence-corrected chi connectivity index (χ2v) is 1.24. The van der Waals surface area contributed by atoms with Crippen molar-refractivity contribution in [1.29, 1.82) is 0 Å². The van der Waals surface area contributed by atoms with E-state index in [4.69, 9.17) is 12.8 Å². The van der Waals surface area contributed by atoms with Crippen LogP contribution in [0.4, 0.5) is 4.79 Å². The molecule has 0 fully saturated rings. The van der Waals surface area contributed by atoms with Crippen molar-refractivity contribution in [3.05, 3.63) is 0 Å². The maximum Gasteiger partial charge on any atom is 0.510 e. The van der Waals surface area contributed by atoms with Crippen LogP contribution in [0.2, 0.25) is 0 Å². The van der Waals surface area contributed by atoms with Crippen LogP contribution in [-0.4, -0.2) is 19.4 Å². The van der Waals surface area contributed by atoms with Crippen molar-refractivity contribution in [2.24, 2.45) is 0 Å². The minimum atomic E-state index is -0.837. The molecule has 0 radical (unpaired) electrons. The largest absolute Gasteiger partial charge is 0.510 e. The summed E-state index contributed by atoms with van der Waals surface area (Å²) in [5.74, 6) is 4.20. The molecule has 0 aliphatic carbocycles. The molecule has 10 heavy (non-hydrogen) atoms. The highest BCUT2D eigenvalue weighted by molar-refractivity contribution is 5.60. The first-order valence-electron chi connectivity index (χ1n) is 2.47. The van der Waals surface area contributed by atoms with Crippen LogP contribution in [0.3, 0.4) is 0 Å². The molecule has 0 rings (SSSR count). The fourth-order valence-corrected chi connectivity index (χ4v) is 0.243. The molecule has 3 heteroatoms. The predicted molar refractivity (Wildman–Crippen MR) is 35.0 cm³/mol. The van der Waals surface area contributed by atoms with Crippen molar-refractivity contribution in [3.63, 3.8) is 0 Å². The van der Waals surface area contributed by atoms with Crippen molar-refractivity contribution in [1.82, 2.24) is 0 Å². The smallest absolute Gasteiger partial charge is 0.421 e. The van der Waals surface area contributed by atoms with Crippen molar-refractivity contribution >= 4 is 6.16 Å². The summed E-state index contributed by atoms with van der Waals surface area (Å²) in [7, 11) is 0. The normalized spacial score (nSPS) is 7.00. The Bertz CT molecular complexity index is 162. The van der Waals surface area contributed by atoms with Crippen LogP contribution in [0.1, 0.15) is 0 Å². The minimum Gasteiger partial charge on any atom is -0.421 e. The number of hydrogen-bond donors (Lipinski definition) is 0. The summed E-state index contributed by atoms with van der Waals surface area (Å²) >= 11 is 0. The van der Waals surface area contributed by atoms with Gasteiger partial charge in [-0.1, -0.05) is 11.8 Å². The number of rotatable bonds is 2. The third-order valence-corrected chi connectivity index (χ3v) is 0.547. The van der Waals surface area contributed by atoms with Crippen LogP contribution in [0.25, 0.3) is 0 Å². The van der Waals surface area contributed by atoms with Gasteiger partial charge in [0.1, 0.15) is 0 Å². The molecule has 0 aliphatic heterocycles. The lowest BCUT2D eigenvalue weighted by molar-refractivity contribution is 0.0746. The van der Waals surface area contributed by atoms with Crippen LogP contribution in [-0.2, 0) is 9.47 Å². The molecule has 3 nitrogen and oxygen atoms in total. The molecule has 0 atom stereocenters. The topological polar surface area (TPSA) is 35.5 Å². The van der Waals surface area contributed by atoms with Crippen molar-refractivity contribution in [3.8, 4) is 24.7 Å². The molecule has 0 bridgehead atoms. The van der Waals surface area contributed by atoms with Gasteiger partial charge in [-0.05, 0) is 0 Å². The Morgan fingerprint density at radius 1 is 1.20 bits per heavy atom. The first-order valence-corrected chi connectivity index (χ1v) is 2.47. The van der Waals surface area contributed by atoms with E-state index in [1.165, 1.54) is 0 Å². The monoisotopic (exact) mass is 138 g/mol. The third-order valence-electron chi connectivity index (χ3n) is 0.547. The van der Waals surface area contributed by atoms with E-state index in [1.54, 1.807) is 0 Å². The molecule has 0 saturated carbocycles. The molecule has 0 aliphatic rings. The van der Waals surface area contributed by atoms with Crippen molar-refractivity contribution < 1.29 is 14.3 Å². The SMILES string of the molecule is C#CCOC(=O)OCC#C. The fraction of sp³-hybridized carbons (Fsp3) is 0.286. The highest BCUT2D eigenvalue weighted by Gasteiger charge is 1.98. The van der Waals surface area contributed by atoms with Gasteiger partial charge in [0.2, 0.25) is 0 Å². The van der Waals surface area contributed by atoms with E-state index in [0.29, 0.717) is 0 Å². The standard InChI is InChI=1S/C7H6O3/c1-3-5-9-7(8)10-6-4-2/h1-2H,5-6H2. The molecule has 0 aromatic rings. The second-order valence-electron chi connectivity index (χ2n) is 1.24.